The van der Waals surface area contributed by atoms with Crippen LogP contribution >= 0.6 is 0 Å². The molecular weight excluding hydrogens is 773 g/mol. The summed E-state index contributed by atoms with van der Waals surface area (Å²) in [6.07, 6.45) is 0. The Hall–Kier alpha value is -7.68. The maximum absolute atomic E-state index is 2.40. The highest BCUT2D eigenvalue weighted by molar-refractivity contribution is 6.12. The zero-order valence-electron chi connectivity index (χ0n) is 36.8. The van der Waals surface area contributed by atoms with Gasteiger partial charge in [-0.25, -0.2) is 0 Å². The van der Waals surface area contributed by atoms with Crippen LogP contribution in [0.3, 0.4) is 0 Å². The molecule has 0 heterocycles. The van der Waals surface area contributed by atoms with Gasteiger partial charge < -0.3 is 9.80 Å². The first-order chi connectivity index (χ1) is 31.2. The van der Waals surface area contributed by atoms with Crippen molar-refractivity contribution < 1.29 is 0 Å². The van der Waals surface area contributed by atoms with E-state index in [9.17, 15) is 0 Å². The van der Waals surface area contributed by atoms with Crippen LogP contribution in [0.5, 0.6) is 0 Å². The summed E-state index contributed by atoms with van der Waals surface area (Å²) in [5.74, 6) is 0. The van der Waals surface area contributed by atoms with Gasteiger partial charge in [-0.05, 0) is 163 Å². The molecule has 0 spiro atoms. The maximum atomic E-state index is 2.40. The highest BCUT2D eigenvalue weighted by atomic mass is 15.1. The average molecular weight is 823 g/mol. The van der Waals surface area contributed by atoms with Gasteiger partial charge in [-0.1, -0.05) is 161 Å². The van der Waals surface area contributed by atoms with Crippen molar-refractivity contribution in [3.63, 3.8) is 0 Å². The van der Waals surface area contributed by atoms with Crippen LogP contribution in [-0.4, -0.2) is 0 Å². The third-order valence-electron chi connectivity index (χ3n) is 13.7. The lowest BCUT2D eigenvalue weighted by molar-refractivity contribution is 0.641. The second-order valence-electron chi connectivity index (χ2n) is 18.3. The number of benzene rings is 10. The summed E-state index contributed by atoms with van der Waals surface area (Å²) in [5.41, 5.74) is 17.0. The lowest BCUT2D eigenvalue weighted by atomic mass is 9.78. The minimum absolute atomic E-state index is 0.112. The van der Waals surface area contributed by atoms with Crippen molar-refractivity contribution >= 4 is 55.7 Å². The molecule has 0 amide bonds. The number of hydrogen-bond acceptors (Lipinski definition) is 2. The first-order valence-corrected chi connectivity index (χ1v) is 22.4. The van der Waals surface area contributed by atoms with Crippen molar-refractivity contribution in [3.05, 3.63) is 253 Å². The molecule has 64 heavy (non-hydrogen) atoms. The van der Waals surface area contributed by atoms with Gasteiger partial charge in [0, 0.05) is 45.0 Å². The molecule has 0 aliphatic heterocycles. The molecule has 0 bridgehead atoms. The predicted octanol–water partition coefficient (Wildman–Crippen LogP) is 17.2. The molecule has 2 heteroatoms. The molecular formula is C62H50N2. The van der Waals surface area contributed by atoms with Gasteiger partial charge in [0.1, 0.15) is 0 Å². The van der Waals surface area contributed by atoms with Gasteiger partial charge in [0.05, 0.1) is 0 Å². The molecule has 308 valence electrons. The highest BCUT2D eigenvalue weighted by Crippen LogP contribution is 2.51. The highest BCUT2D eigenvalue weighted by Gasteiger charge is 2.27. The van der Waals surface area contributed by atoms with Crippen molar-refractivity contribution in [2.75, 3.05) is 9.80 Å². The summed E-state index contributed by atoms with van der Waals surface area (Å²) in [6.45, 7) is 9.22. The van der Waals surface area contributed by atoms with E-state index in [2.05, 4.69) is 268 Å². The van der Waals surface area contributed by atoms with Gasteiger partial charge in [-0.2, -0.15) is 0 Å². The first-order valence-electron chi connectivity index (χ1n) is 22.4. The van der Waals surface area contributed by atoms with Crippen LogP contribution in [0.2, 0.25) is 0 Å². The van der Waals surface area contributed by atoms with Crippen molar-refractivity contribution in [2.24, 2.45) is 0 Å². The summed E-state index contributed by atoms with van der Waals surface area (Å²) in [6, 6.07) is 84.6. The normalized spacial score (nSPS) is 12.1. The molecule has 0 radical (unpaired) electrons. The van der Waals surface area contributed by atoms with Crippen molar-refractivity contribution in [3.8, 4) is 22.3 Å². The van der Waals surface area contributed by atoms with E-state index in [1.807, 2.05) is 0 Å². The van der Waals surface area contributed by atoms with Crippen LogP contribution in [-0.2, 0) is 10.8 Å². The fourth-order valence-electron chi connectivity index (χ4n) is 9.82. The van der Waals surface area contributed by atoms with Gasteiger partial charge in [0.15, 0.2) is 0 Å². The zero-order valence-corrected chi connectivity index (χ0v) is 36.8. The molecule has 0 N–H and O–H groups in total. The SMILES string of the molecule is CC(C)(c1ccccc1)c1ccc(N(c2ccccc2)c2ccc3cc4c(cc3c2)-c2cc3cc(N(c5ccccc5)c5ccc(C(C)(C)c6ccccc6)cc5)ccc3cc2-4)cc1. The van der Waals surface area contributed by atoms with Crippen LogP contribution in [0.4, 0.5) is 34.1 Å². The summed E-state index contributed by atoms with van der Waals surface area (Å²) in [5, 5.41) is 4.95. The second kappa shape index (κ2) is 15.6. The topological polar surface area (TPSA) is 6.48 Å². The van der Waals surface area contributed by atoms with Crippen molar-refractivity contribution in [1.29, 1.82) is 0 Å². The lowest BCUT2D eigenvalue weighted by Gasteiger charge is -2.30. The Kier molecular flexibility index (Phi) is 9.55. The summed E-state index contributed by atoms with van der Waals surface area (Å²) >= 11 is 0. The molecule has 11 rings (SSSR count). The van der Waals surface area contributed by atoms with E-state index >= 15 is 0 Å². The van der Waals surface area contributed by atoms with Crippen molar-refractivity contribution in [1.82, 2.24) is 0 Å². The van der Waals surface area contributed by atoms with Crippen molar-refractivity contribution in [2.45, 2.75) is 38.5 Å². The van der Waals surface area contributed by atoms with Gasteiger partial charge in [-0.15, -0.1) is 0 Å². The summed E-state index contributed by atoms with van der Waals surface area (Å²) in [4.78, 5) is 4.74. The largest absolute Gasteiger partial charge is 0.310 e. The monoisotopic (exact) mass is 822 g/mol. The number of rotatable bonds is 10. The Balaban J connectivity index is 0.937. The molecule has 1 aliphatic rings. The first kappa shape index (κ1) is 39.2. The minimum atomic E-state index is -0.112. The van der Waals surface area contributed by atoms with E-state index in [-0.39, 0.29) is 10.8 Å². The van der Waals surface area contributed by atoms with E-state index in [1.165, 1.54) is 66.1 Å². The van der Waals surface area contributed by atoms with E-state index in [4.69, 9.17) is 0 Å². The summed E-state index contributed by atoms with van der Waals surface area (Å²) < 4.78 is 0. The molecule has 0 unspecified atom stereocenters. The van der Waals surface area contributed by atoms with Crippen LogP contribution in [0.1, 0.15) is 49.9 Å². The molecule has 0 atom stereocenters. The molecule has 0 fully saturated rings. The Morgan fingerprint density at radius 1 is 0.234 bits per heavy atom. The lowest BCUT2D eigenvalue weighted by Crippen LogP contribution is -2.19. The Morgan fingerprint density at radius 3 is 0.844 bits per heavy atom. The van der Waals surface area contributed by atoms with Crippen LogP contribution in [0.25, 0.3) is 43.8 Å². The Labute approximate surface area is 377 Å². The van der Waals surface area contributed by atoms with Crippen LogP contribution in [0, 0.1) is 0 Å². The molecule has 10 aromatic rings. The van der Waals surface area contributed by atoms with Crippen LogP contribution in [0.15, 0.2) is 231 Å². The second-order valence-corrected chi connectivity index (χ2v) is 18.3. The minimum Gasteiger partial charge on any atom is -0.310 e. The standard InChI is InChI=1S/C62H50N2/c1-61(2,47-17-9-5-10-18-47)49-27-33-53(34-28-49)63(51-21-13-7-14-22-51)55-31-25-43-39-57-58-40-44-26-32-56(38-46(44)42-60(58)59(57)41-45(43)37-55)64(52-23-15-8-16-24-52)54-35-29-50(30-36-54)62(3,4)48-19-11-6-12-20-48/h5-42H,1-4H3. The van der Waals surface area contributed by atoms with Gasteiger partial charge >= 0.3 is 0 Å². The van der Waals surface area contributed by atoms with Gasteiger partial charge in [0.25, 0.3) is 0 Å². The molecule has 0 aromatic heterocycles. The van der Waals surface area contributed by atoms with Gasteiger partial charge in [-0.3, -0.25) is 0 Å². The number of nitrogens with zero attached hydrogens (tertiary/aromatic N) is 2. The third kappa shape index (κ3) is 6.83. The number of para-hydroxylation sites is 2. The predicted molar refractivity (Wildman–Crippen MR) is 272 cm³/mol. The van der Waals surface area contributed by atoms with Crippen LogP contribution < -0.4 is 9.80 Å². The van der Waals surface area contributed by atoms with E-state index in [0.29, 0.717) is 0 Å². The third-order valence-corrected chi connectivity index (χ3v) is 13.7. The average Bonchev–Trinajstić information content (AvgIpc) is 3.34. The molecule has 10 aromatic carbocycles. The fraction of sp³-hybridized carbons (Fsp3) is 0.0968. The van der Waals surface area contributed by atoms with E-state index in [1.54, 1.807) is 0 Å². The smallest absolute Gasteiger partial charge is 0.0468 e. The summed E-state index contributed by atoms with van der Waals surface area (Å²) in [7, 11) is 0. The Morgan fingerprint density at radius 2 is 0.500 bits per heavy atom. The molecule has 2 nitrogen and oxygen atoms in total. The molecule has 1 aliphatic carbocycles. The zero-order chi connectivity index (χ0) is 43.4. The maximum Gasteiger partial charge on any atom is 0.0468 e. The number of fused-ring (bicyclic) bond motifs is 6. The number of anilines is 6. The van der Waals surface area contributed by atoms with E-state index < -0.39 is 0 Å². The van der Waals surface area contributed by atoms with E-state index in [0.717, 1.165) is 34.1 Å². The number of hydrogen-bond donors (Lipinski definition) is 0. The Bertz CT molecular complexity index is 3060. The molecule has 0 saturated carbocycles. The fourth-order valence-corrected chi connectivity index (χ4v) is 9.82. The quantitative estimate of drug-likeness (QED) is 0.136. The molecule has 0 saturated heterocycles. The van der Waals surface area contributed by atoms with Gasteiger partial charge in [0.2, 0.25) is 0 Å².